The van der Waals surface area contributed by atoms with Crippen LogP contribution in [0.5, 0.6) is 0 Å². The van der Waals surface area contributed by atoms with Gasteiger partial charge in [0, 0.05) is 37.0 Å². The van der Waals surface area contributed by atoms with E-state index in [0.717, 1.165) is 47.9 Å². The fourth-order valence-corrected chi connectivity index (χ4v) is 2.52. The fraction of sp³-hybridized carbons (Fsp3) is 0.462. The Hall–Kier alpha value is -1.40. The van der Waals surface area contributed by atoms with Gasteiger partial charge in [-0.05, 0) is 25.2 Å². The second-order valence-electron chi connectivity index (χ2n) is 4.49. The lowest BCUT2D eigenvalue weighted by Gasteiger charge is -2.23. The van der Waals surface area contributed by atoms with Crippen LogP contribution >= 0.6 is 11.8 Å². The molecule has 0 unspecified atom stereocenters. The molecule has 0 atom stereocenters. The van der Waals surface area contributed by atoms with E-state index in [9.17, 15) is 0 Å². The first-order chi connectivity index (χ1) is 9.36. The second kappa shape index (κ2) is 5.71. The lowest BCUT2D eigenvalue weighted by Crippen LogP contribution is -2.28. The molecule has 0 radical (unpaired) electrons. The molecule has 19 heavy (non-hydrogen) atoms. The summed E-state index contributed by atoms with van der Waals surface area (Å²) in [5, 5.41) is 5.27. The first-order valence-electron chi connectivity index (χ1n) is 6.37. The molecule has 0 amide bonds. The van der Waals surface area contributed by atoms with Gasteiger partial charge in [-0.2, -0.15) is 0 Å². The monoisotopic (exact) mass is 276 g/mol. The number of nitrogens with one attached hydrogen (secondary N) is 1. The van der Waals surface area contributed by atoms with Gasteiger partial charge in [-0.3, -0.25) is 0 Å². The highest BCUT2D eigenvalue weighted by molar-refractivity contribution is 7.98. The molecule has 5 nitrogen and oxygen atoms in total. The van der Waals surface area contributed by atoms with E-state index in [1.165, 1.54) is 0 Å². The van der Waals surface area contributed by atoms with Crippen molar-refractivity contribution in [1.82, 2.24) is 15.0 Å². The van der Waals surface area contributed by atoms with Crippen molar-refractivity contribution in [1.29, 1.82) is 0 Å². The molecule has 2 aromatic heterocycles. The van der Waals surface area contributed by atoms with E-state index in [0.29, 0.717) is 6.04 Å². The Bertz CT molecular complexity index is 572. The minimum Gasteiger partial charge on any atom is -0.381 e. The van der Waals surface area contributed by atoms with Gasteiger partial charge in [0.25, 0.3) is 0 Å². The van der Waals surface area contributed by atoms with Crippen molar-refractivity contribution in [3.05, 3.63) is 18.5 Å². The van der Waals surface area contributed by atoms with Crippen molar-refractivity contribution < 1.29 is 4.74 Å². The van der Waals surface area contributed by atoms with Crippen LogP contribution in [-0.4, -0.2) is 40.5 Å². The van der Waals surface area contributed by atoms with Gasteiger partial charge < -0.3 is 10.1 Å². The van der Waals surface area contributed by atoms with E-state index in [2.05, 4.69) is 20.3 Å². The Morgan fingerprint density at radius 1 is 1.32 bits per heavy atom. The van der Waals surface area contributed by atoms with Crippen LogP contribution in [0.3, 0.4) is 0 Å². The molecule has 2 aromatic rings. The summed E-state index contributed by atoms with van der Waals surface area (Å²) in [5.74, 6) is 0.849. The van der Waals surface area contributed by atoms with E-state index in [-0.39, 0.29) is 0 Å². The number of rotatable bonds is 3. The molecule has 1 fully saturated rings. The van der Waals surface area contributed by atoms with E-state index in [1.54, 1.807) is 18.0 Å². The van der Waals surface area contributed by atoms with Crippen LogP contribution in [0.15, 0.2) is 23.6 Å². The molecule has 100 valence electrons. The minimum absolute atomic E-state index is 0.416. The number of hydrogen-bond donors (Lipinski definition) is 1. The Morgan fingerprint density at radius 3 is 2.95 bits per heavy atom. The summed E-state index contributed by atoms with van der Waals surface area (Å²) in [4.78, 5) is 13.3. The molecule has 1 saturated heterocycles. The van der Waals surface area contributed by atoms with E-state index in [4.69, 9.17) is 4.74 Å². The van der Waals surface area contributed by atoms with Crippen LogP contribution in [0.25, 0.3) is 10.9 Å². The minimum atomic E-state index is 0.416. The molecular formula is C13H16N4OS. The quantitative estimate of drug-likeness (QED) is 0.686. The topological polar surface area (TPSA) is 59.9 Å². The Kier molecular flexibility index (Phi) is 3.79. The lowest BCUT2D eigenvalue weighted by atomic mass is 10.1. The zero-order valence-electron chi connectivity index (χ0n) is 10.8. The summed E-state index contributed by atoms with van der Waals surface area (Å²) in [6.45, 7) is 1.63. The maximum atomic E-state index is 5.37. The van der Waals surface area contributed by atoms with E-state index < -0.39 is 0 Å². The molecule has 0 saturated carbocycles. The molecule has 1 N–H and O–H groups in total. The summed E-state index contributed by atoms with van der Waals surface area (Å²) in [7, 11) is 0. The third-order valence-electron chi connectivity index (χ3n) is 3.22. The fourth-order valence-electron chi connectivity index (χ4n) is 2.18. The van der Waals surface area contributed by atoms with Crippen molar-refractivity contribution >= 4 is 28.5 Å². The molecule has 1 aliphatic rings. The van der Waals surface area contributed by atoms with Gasteiger partial charge in [0.05, 0.1) is 0 Å². The standard InChI is InChI=1S/C13H16N4OS/c1-19-13-15-8-9-2-5-14-12(11(9)17-13)16-10-3-6-18-7-4-10/h2,5,8,10H,3-4,6-7H2,1H3,(H,14,16). The highest BCUT2D eigenvalue weighted by Crippen LogP contribution is 2.22. The summed E-state index contributed by atoms with van der Waals surface area (Å²) >= 11 is 1.54. The van der Waals surface area contributed by atoms with Crippen LogP contribution in [0.1, 0.15) is 12.8 Å². The maximum Gasteiger partial charge on any atom is 0.187 e. The van der Waals surface area contributed by atoms with Crippen LogP contribution in [-0.2, 0) is 4.74 Å². The summed E-state index contributed by atoms with van der Waals surface area (Å²) in [5.41, 5.74) is 0.897. The van der Waals surface area contributed by atoms with Gasteiger partial charge >= 0.3 is 0 Å². The van der Waals surface area contributed by atoms with Crippen molar-refractivity contribution in [2.24, 2.45) is 0 Å². The molecule has 3 rings (SSSR count). The maximum absolute atomic E-state index is 5.37. The van der Waals surface area contributed by atoms with Gasteiger partial charge in [-0.25, -0.2) is 15.0 Å². The summed E-state index contributed by atoms with van der Waals surface area (Å²) < 4.78 is 5.37. The van der Waals surface area contributed by atoms with E-state index in [1.807, 2.05) is 18.5 Å². The highest BCUT2D eigenvalue weighted by atomic mass is 32.2. The van der Waals surface area contributed by atoms with Gasteiger partial charge in [0.1, 0.15) is 5.52 Å². The first-order valence-corrected chi connectivity index (χ1v) is 7.59. The number of anilines is 1. The highest BCUT2D eigenvalue weighted by Gasteiger charge is 2.15. The summed E-state index contributed by atoms with van der Waals surface area (Å²) in [6, 6.07) is 2.36. The van der Waals surface area contributed by atoms with Gasteiger partial charge in [0.2, 0.25) is 0 Å². The number of thioether (sulfide) groups is 1. The van der Waals surface area contributed by atoms with Crippen LogP contribution in [0.4, 0.5) is 5.82 Å². The largest absolute Gasteiger partial charge is 0.381 e. The van der Waals surface area contributed by atoms with Crippen LogP contribution < -0.4 is 5.32 Å². The molecule has 3 heterocycles. The third kappa shape index (κ3) is 2.79. The normalized spacial score (nSPS) is 16.7. The van der Waals surface area contributed by atoms with Gasteiger partial charge in [-0.15, -0.1) is 0 Å². The molecule has 0 aliphatic carbocycles. The number of ether oxygens (including phenoxy) is 1. The average Bonchev–Trinajstić information content (AvgIpc) is 2.48. The Balaban J connectivity index is 1.92. The molecule has 1 aliphatic heterocycles. The van der Waals surface area contributed by atoms with Crippen molar-refractivity contribution in [2.45, 2.75) is 24.0 Å². The molecule has 0 aromatic carbocycles. The lowest BCUT2D eigenvalue weighted by molar-refractivity contribution is 0.0904. The molecule has 0 spiro atoms. The number of pyridine rings is 1. The average molecular weight is 276 g/mol. The predicted molar refractivity (Wildman–Crippen MR) is 76.6 cm³/mol. The summed E-state index contributed by atoms with van der Waals surface area (Å²) in [6.07, 6.45) is 7.65. The van der Waals surface area contributed by atoms with Gasteiger partial charge in [-0.1, -0.05) is 11.8 Å². The number of fused-ring (bicyclic) bond motifs is 1. The zero-order valence-corrected chi connectivity index (χ0v) is 11.6. The van der Waals surface area contributed by atoms with Crippen molar-refractivity contribution in [3.8, 4) is 0 Å². The zero-order chi connectivity index (χ0) is 13.1. The van der Waals surface area contributed by atoms with Crippen LogP contribution in [0.2, 0.25) is 0 Å². The van der Waals surface area contributed by atoms with Gasteiger partial charge in [0.15, 0.2) is 11.0 Å². The SMILES string of the molecule is CSc1ncc2ccnc(NC3CCOCC3)c2n1. The van der Waals surface area contributed by atoms with Crippen LogP contribution in [0, 0.1) is 0 Å². The van der Waals surface area contributed by atoms with Crippen molar-refractivity contribution in [3.63, 3.8) is 0 Å². The predicted octanol–water partition coefficient (Wildman–Crippen LogP) is 2.34. The number of hydrogen-bond acceptors (Lipinski definition) is 6. The number of nitrogens with zero attached hydrogens (tertiary/aromatic N) is 3. The Labute approximate surface area is 116 Å². The first kappa shape index (κ1) is 12.6. The Morgan fingerprint density at radius 2 is 2.16 bits per heavy atom. The van der Waals surface area contributed by atoms with E-state index >= 15 is 0 Å². The molecule has 6 heteroatoms. The van der Waals surface area contributed by atoms with Crippen molar-refractivity contribution in [2.75, 3.05) is 24.8 Å². The third-order valence-corrected chi connectivity index (χ3v) is 3.78. The number of aromatic nitrogens is 3. The second-order valence-corrected chi connectivity index (χ2v) is 5.26. The smallest absolute Gasteiger partial charge is 0.187 e. The molecular weight excluding hydrogens is 260 g/mol. The molecule has 0 bridgehead atoms.